The van der Waals surface area contributed by atoms with Crippen molar-refractivity contribution >= 4 is 27.7 Å². The molecular weight excluding hydrogens is 454 g/mol. The van der Waals surface area contributed by atoms with Crippen LogP contribution in [0.1, 0.15) is 39.7 Å². The second kappa shape index (κ2) is 9.60. The van der Waals surface area contributed by atoms with Crippen molar-refractivity contribution in [2.75, 3.05) is 5.32 Å². The lowest BCUT2D eigenvalue weighted by Crippen LogP contribution is -2.56. The van der Waals surface area contributed by atoms with Crippen molar-refractivity contribution in [3.8, 4) is 0 Å². The van der Waals surface area contributed by atoms with Crippen LogP contribution in [0.5, 0.6) is 0 Å². The first-order chi connectivity index (χ1) is 15.9. The molecule has 34 heavy (non-hydrogen) atoms. The largest absolute Gasteiger partial charge is 0.444 e. The Hall–Kier alpha value is -3.17. The van der Waals surface area contributed by atoms with Gasteiger partial charge >= 0.3 is 6.09 Å². The molecule has 2 aromatic carbocycles. The van der Waals surface area contributed by atoms with Gasteiger partial charge in [-0.05, 0) is 64.0 Å². The van der Waals surface area contributed by atoms with E-state index in [1.807, 2.05) is 44.2 Å². The van der Waals surface area contributed by atoms with Crippen LogP contribution in [0.3, 0.4) is 0 Å². The van der Waals surface area contributed by atoms with Crippen molar-refractivity contribution in [3.05, 3.63) is 72.8 Å². The number of sulfonamides is 1. The third-order valence-corrected chi connectivity index (χ3v) is 8.26. The molecular formula is C25H31N3O5S. The average Bonchev–Trinajstić information content (AvgIpc) is 2.96. The number of amides is 2. The molecule has 1 fully saturated rings. The molecule has 182 valence electrons. The Kier molecular flexibility index (Phi) is 7.18. The second-order valence-corrected chi connectivity index (χ2v) is 11.2. The van der Waals surface area contributed by atoms with Gasteiger partial charge in [-0.1, -0.05) is 43.0 Å². The Morgan fingerprint density at radius 1 is 1.12 bits per heavy atom. The van der Waals surface area contributed by atoms with Crippen LogP contribution in [0.25, 0.3) is 0 Å². The number of hydrogen-bond donors (Lipinski definition) is 2. The van der Waals surface area contributed by atoms with Gasteiger partial charge in [-0.3, -0.25) is 10.1 Å². The van der Waals surface area contributed by atoms with Crippen LogP contribution in [0.15, 0.2) is 72.1 Å². The zero-order valence-electron chi connectivity index (χ0n) is 19.9. The van der Waals surface area contributed by atoms with Gasteiger partial charge in [0, 0.05) is 17.3 Å². The average molecular weight is 486 g/mol. The van der Waals surface area contributed by atoms with Crippen LogP contribution < -0.4 is 10.6 Å². The third-order valence-electron chi connectivity index (χ3n) is 5.96. The maximum absolute atomic E-state index is 13.8. The highest BCUT2D eigenvalue weighted by molar-refractivity contribution is 7.89. The van der Waals surface area contributed by atoms with Crippen LogP contribution in [0.4, 0.5) is 10.5 Å². The topological polar surface area (TPSA) is 105 Å². The smallest absolute Gasteiger partial charge is 0.411 e. The minimum absolute atomic E-state index is 0.0326. The zero-order valence-corrected chi connectivity index (χ0v) is 20.7. The van der Waals surface area contributed by atoms with Gasteiger partial charge in [0.05, 0.1) is 10.4 Å². The molecule has 0 aliphatic carbocycles. The minimum Gasteiger partial charge on any atom is -0.444 e. The van der Waals surface area contributed by atoms with Crippen LogP contribution >= 0.6 is 0 Å². The number of anilines is 1. The van der Waals surface area contributed by atoms with E-state index in [0.29, 0.717) is 12.1 Å². The lowest BCUT2D eigenvalue weighted by molar-refractivity contribution is -0.117. The van der Waals surface area contributed by atoms with E-state index in [1.165, 1.54) is 22.5 Å². The van der Waals surface area contributed by atoms with Crippen molar-refractivity contribution in [1.82, 2.24) is 9.62 Å². The van der Waals surface area contributed by atoms with Gasteiger partial charge in [0.2, 0.25) is 15.9 Å². The fourth-order valence-corrected chi connectivity index (χ4v) is 6.77. The Morgan fingerprint density at radius 2 is 1.79 bits per heavy atom. The highest BCUT2D eigenvalue weighted by atomic mass is 32.2. The maximum Gasteiger partial charge on any atom is 0.411 e. The van der Waals surface area contributed by atoms with Gasteiger partial charge in [-0.25, -0.2) is 13.2 Å². The Morgan fingerprint density at radius 3 is 2.44 bits per heavy atom. The Bertz CT molecular complexity index is 1180. The van der Waals surface area contributed by atoms with E-state index in [4.69, 9.17) is 4.74 Å². The summed E-state index contributed by atoms with van der Waals surface area (Å²) in [6.07, 6.45) is 0.918. The van der Waals surface area contributed by atoms with Crippen molar-refractivity contribution in [2.45, 2.75) is 62.7 Å². The number of rotatable bonds is 7. The lowest BCUT2D eigenvalue weighted by atomic mass is 9.94. The van der Waals surface area contributed by atoms with E-state index in [9.17, 15) is 18.0 Å². The number of ether oxygens (including phenoxy) is 1. The SMILES string of the molecule is C=CC(=O)NC1CC(C)(C)N(S(=O)(=O)c2cccc(NC(=O)OCc3ccccc3)c2)C1(C)C. The predicted molar refractivity (Wildman–Crippen MR) is 131 cm³/mol. The first-order valence-corrected chi connectivity index (χ1v) is 12.4. The fraction of sp³-hybridized carbons (Fsp3) is 0.360. The molecule has 2 amide bonds. The Balaban J connectivity index is 1.81. The first kappa shape index (κ1) is 25.5. The number of nitrogens with one attached hydrogen (secondary N) is 2. The summed E-state index contributed by atoms with van der Waals surface area (Å²) >= 11 is 0. The quantitative estimate of drug-likeness (QED) is 0.576. The minimum atomic E-state index is -3.98. The molecule has 0 bridgehead atoms. The van der Waals surface area contributed by atoms with Crippen molar-refractivity contribution in [3.63, 3.8) is 0 Å². The molecule has 3 rings (SSSR count). The lowest BCUT2D eigenvalue weighted by Gasteiger charge is -2.40. The number of hydrogen-bond acceptors (Lipinski definition) is 5. The second-order valence-electron chi connectivity index (χ2n) is 9.42. The standard InChI is InChI=1S/C25H31N3O5S/c1-6-22(29)27-21-16-24(2,3)28(25(21,4)5)34(31,32)20-14-10-13-19(15-20)26-23(30)33-17-18-11-8-7-9-12-18/h6-15,21H,1,16-17H2,2-5H3,(H,26,30)(H,27,29). The van der Waals surface area contributed by atoms with Gasteiger partial charge in [0.1, 0.15) is 6.61 Å². The van der Waals surface area contributed by atoms with Crippen molar-refractivity contribution in [1.29, 1.82) is 0 Å². The van der Waals surface area contributed by atoms with E-state index < -0.39 is 33.2 Å². The summed E-state index contributed by atoms with van der Waals surface area (Å²) in [5, 5.41) is 5.44. The molecule has 1 heterocycles. The number of carbonyl (C=O) groups is 2. The molecule has 0 radical (unpaired) electrons. The summed E-state index contributed by atoms with van der Waals surface area (Å²) in [6.45, 7) is 10.8. The molecule has 2 aromatic rings. The van der Waals surface area contributed by atoms with Gasteiger partial charge in [0.25, 0.3) is 0 Å². The van der Waals surface area contributed by atoms with Gasteiger partial charge in [-0.2, -0.15) is 4.31 Å². The van der Waals surface area contributed by atoms with E-state index in [0.717, 1.165) is 5.56 Å². The number of benzene rings is 2. The van der Waals surface area contributed by atoms with Crippen molar-refractivity contribution < 1.29 is 22.7 Å². The molecule has 0 saturated carbocycles. The zero-order chi connectivity index (χ0) is 25.1. The molecule has 0 aromatic heterocycles. The monoisotopic (exact) mass is 485 g/mol. The molecule has 1 saturated heterocycles. The van der Waals surface area contributed by atoms with E-state index in [1.54, 1.807) is 26.0 Å². The summed E-state index contributed by atoms with van der Waals surface area (Å²) in [4.78, 5) is 24.2. The van der Waals surface area contributed by atoms with Gasteiger partial charge < -0.3 is 10.1 Å². The summed E-state index contributed by atoms with van der Waals surface area (Å²) in [5.74, 6) is -0.353. The summed E-state index contributed by atoms with van der Waals surface area (Å²) in [6, 6.07) is 14.9. The summed E-state index contributed by atoms with van der Waals surface area (Å²) < 4.78 is 34.2. The third kappa shape index (κ3) is 5.31. The molecule has 8 nitrogen and oxygen atoms in total. The van der Waals surface area contributed by atoms with E-state index in [-0.39, 0.29) is 17.4 Å². The van der Waals surface area contributed by atoms with Crippen LogP contribution in [0, 0.1) is 0 Å². The van der Waals surface area contributed by atoms with E-state index >= 15 is 0 Å². The summed E-state index contributed by atoms with van der Waals surface area (Å²) in [7, 11) is -3.98. The maximum atomic E-state index is 13.8. The first-order valence-electron chi connectivity index (χ1n) is 10.9. The number of carbonyl (C=O) groups excluding carboxylic acids is 2. The Labute approximate surface area is 201 Å². The van der Waals surface area contributed by atoms with Gasteiger partial charge in [0.15, 0.2) is 0 Å². The van der Waals surface area contributed by atoms with Crippen LogP contribution in [-0.2, 0) is 26.2 Å². The summed E-state index contributed by atoms with van der Waals surface area (Å²) in [5.41, 5.74) is -0.533. The van der Waals surface area contributed by atoms with Crippen molar-refractivity contribution in [2.24, 2.45) is 0 Å². The molecule has 9 heteroatoms. The van der Waals surface area contributed by atoms with Crippen LogP contribution in [-0.4, -0.2) is 41.8 Å². The molecule has 1 aliphatic rings. The predicted octanol–water partition coefficient (Wildman–Crippen LogP) is 4.06. The molecule has 1 aliphatic heterocycles. The van der Waals surface area contributed by atoms with E-state index in [2.05, 4.69) is 17.2 Å². The molecule has 2 N–H and O–H groups in total. The molecule has 0 spiro atoms. The number of nitrogens with zero attached hydrogens (tertiary/aromatic N) is 1. The highest BCUT2D eigenvalue weighted by Gasteiger charge is 2.57. The highest BCUT2D eigenvalue weighted by Crippen LogP contribution is 2.45. The van der Waals surface area contributed by atoms with Gasteiger partial charge in [-0.15, -0.1) is 0 Å². The van der Waals surface area contributed by atoms with Crippen LogP contribution in [0.2, 0.25) is 0 Å². The fourth-order valence-electron chi connectivity index (χ4n) is 4.56. The molecule has 1 unspecified atom stereocenters. The molecule has 1 atom stereocenters. The normalized spacial score (nSPS) is 19.2.